The molecule has 3 rings (SSSR count). The summed E-state index contributed by atoms with van der Waals surface area (Å²) in [5.74, 6) is 1.33. The van der Waals surface area contributed by atoms with Gasteiger partial charge in [-0.05, 0) is 37.4 Å². The second-order valence-electron chi connectivity index (χ2n) is 6.69. The number of aliphatic hydroxyl groups is 1. The highest BCUT2D eigenvalue weighted by atomic mass is 35.5. The van der Waals surface area contributed by atoms with Crippen LogP contribution in [0.1, 0.15) is 24.5 Å². The van der Waals surface area contributed by atoms with E-state index >= 15 is 0 Å². The number of halogens is 1. The van der Waals surface area contributed by atoms with Crippen LogP contribution in [0.15, 0.2) is 36.7 Å². The molecule has 1 atom stereocenters. The Balaban J connectivity index is 1.45. The van der Waals surface area contributed by atoms with Gasteiger partial charge < -0.3 is 20.6 Å². The van der Waals surface area contributed by atoms with Crippen LogP contribution in [0.25, 0.3) is 0 Å². The van der Waals surface area contributed by atoms with E-state index in [1.54, 1.807) is 0 Å². The Labute approximate surface area is 159 Å². The van der Waals surface area contributed by atoms with Crippen molar-refractivity contribution < 1.29 is 5.11 Å². The predicted octanol–water partition coefficient (Wildman–Crippen LogP) is 3.03. The van der Waals surface area contributed by atoms with E-state index in [0.717, 1.165) is 49.5 Å². The summed E-state index contributed by atoms with van der Waals surface area (Å²) in [6, 6.07) is 9.87. The van der Waals surface area contributed by atoms with Crippen LogP contribution < -0.4 is 10.6 Å². The lowest BCUT2D eigenvalue weighted by atomic mass is 9.96. The van der Waals surface area contributed by atoms with Gasteiger partial charge in [-0.1, -0.05) is 41.9 Å². The lowest BCUT2D eigenvalue weighted by Crippen LogP contribution is -2.38. The molecular weight excluding hydrogens is 350 g/mol. The number of likely N-dealkylation sites (tertiary alicyclic amines) is 1. The third-order valence-electron chi connectivity index (χ3n) is 4.93. The normalized spacial score (nSPS) is 17.0. The van der Waals surface area contributed by atoms with E-state index in [1.165, 1.54) is 6.33 Å². The Hall–Kier alpha value is -1.89. The van der Waals surface area contributed by atoms with E-state index in [1.807, 2.05) is 37.4 Å². The maximum absolute atomic E-state index is 10.4. The molecule has 3 N–H and O–H groups in total. The fraction of sp³-hybridized carbons (Fsp3) is 0.474. The van der Waals surface area contributed by atoms with Crippen molar-refractivity contribution >= 4 is 23.1 Å². The topological polar surface area (TPSA) is 73.3 Å². The molecule has 0 radical (unpaired) electrons. The van der Waals surface area contributed by atoms with Gasteiger partial charge in [0, 0.05) is 20.1 Å². The van der Waals surface area contributed by atoms with Crippen LogP contribution in [0, 0.1) is 5.92 Å². The quantitative estimate of drug-likeness (QED) is 0.646. The first-order valence-corrected chi connectivity index (χ1v) is 9.42. The molecule has 7 heteroatoms. The van der Waals surface area contributed by atoms with Gasteiger partial charge in [-0.25, -0.2) is 9.97 Å². The van der Waals surface area contributed by atoms with Crippen molar-refractivity contribution in [1.29, 1.82) is 0 Å². The largest absolute Gasteiger partial charge is 0.387 e. The van der Waals surface area contributed by atoms with Gasteiger partial charge in [-0.2, -0.15) is 0 Å². The molecule has 1 aliphatic rings. The standard InChI is InChI=1S/C19H26ClN5O/c1-21-17-18(20)23-13-24-19(17)22-11-14-7-9-25(10-8-14)12-16(26)15-5-3-2-4-6-15/h2-6,13-14,16,21,26H,7-12H2,1H3,(H,22,23,24). The molecule has 0 saturated carbocycles. The first-order valence-electron chi connectivity index (χ1n) is 9.05. The number of benzene rings is 1. The Morgan fingerprint density at radius 2 is 1.96 bits per heavy atom. The van der Waals surface area contributed by atoms with Gasteiger partial charge in [0.15, 0.2) is 11.0 Å². The molecule has 0 amide bonds. The second kappa shape index (κ2) is 9.16. The zero-order valence-corrected chi connectivity index (χ0v) is 15.8. The Bertz CT molecular complexity index is 692. The van der Waals surface area contributed by atoms with Crippen LogP contribution in [-0.4, -0.2) is 53.2 Å². The summed E-state index contributed by atoms with van der Waals surface area (Å²) >= 11 is 6.09. The summed E-state index contributed by atoms with van der Waals surface area (Å²) in [5.41, 5.74) is 1.72. The molecule has 26 heavy (non-hydrogen) atoms. The monoisotopic (exact) mass is 375 g/mol. The summed E-state index contributed by atoms with van der Waals surface area (Å²) in [5, 5.41) is 17.2. The number of aromatic nitrogens is 2. The molecule has 6 nitrogen and oxygen atoms in total. The lowest BCUT2D eigenvalue weighted by molar-refractivity contribution is 0.0909. The van der Waals surface area contributed by atoms with Gasteiger partial charge in [-0.3, -0.25) is 0 Å². The molecule has 0 spiro atoms. The highest BCUT2D eigenvalue weighted by Gasteiger charge is 2.22. The number of rotatable bonds is 7. The number of nitrogens with zero attached hydrogens (tertiary/aromatic N) is 3. The minimum absolute atomic E-state index is 0.424. The van der Waals surface area contributed by atoms with Crippen molar-refractivity contribution in [3.8, 4) is 0 Å². The highest BCUT2D eigenvalue weighted by Crippen LogP contribution is 2.27. The van der Waals surface area contributed by atoms with Gasteiger partial charge in [-0.15, -0.1) is 0 Å². The van der Waals surface area contributed by atoms with Crippen molar-refractivity contribution in [2.75, 3.05) is 43.9 Å². The molecule has 1 saturated heterocycles. The van der Waals surface area contributed by atoms with Crippen LogP contribution in [0.3, 0.4) is 0 Å². The van der Waals surface area contributed by atoms with E-state index in [9.17, 15) is 5.11 Å². The summed E-state index contributed by atoms with van der Waals surface area (Å²) in [7, 11) is 1.81. The average Bonchev–Trinajstić information content (AvgIpc) is 2.68. The van der Waals surface area contributed by atoms with E-state index in [2.05, 4.69) is 25.5 Å². The van der Waals surface area contributed by atoms with E-state index < -0.39 is 6.10 Å². The average molecular weight is 376 g/mol. The van der Waals surface area contributed by atoms with Crippen LogP contribution in [0.4, 0.5) is 11.5 Å². The SMILES string of the molecule is CNc1c(Cl)ncnc1NCC1CCN(CC(O)c2ccccc2)CC1. The molecule has 1 aromatic heterocycles. The van der Waals surface area contributed by atoms with Crippen LogP contribution in [0.5, 0.6) is 0 Å². The number of aliphatic hydroxyl groups excluding tert-OH is 1. The number of anilines is 2. The summed E-state index contributed by atoms with van der Waals surface area (Å²) in [6.45, 7) is 3.55. The molecular formula is C19H26ClN5O. The van der Waals surface area contributed by atoms with Gasteiger partial charge >= 0.3 is 0 Å². The molecule has 1 unspecified atom stereocenters. The molecule has 0 aliphatic carbocycles. The molecule has 2 aromatic rings. The maximum atomic E-state index is 10.4. The zero-order valence-electron chi connectivity index (χ0n) is 15.0. The summed E-state index contributed by atoms with van der Waals surface area (Å²) in [6.07, 6.45) is 3.25. The lowest BCUT2D eigenvalue weighted by Gasteiger charge is -2.33. The Kier molecular flexibility index (Phi) is 6.66. The van der Waals surface area contributed by atoms with Gasteiger partial charge in [0.2, 0.25) is 0 Å². The zero-order chi connectivity index (χ0) is 18.4. The molecule has 1 aromatic carbocycles. The minimum atomic E-state index is -0.424. The Morgan fingerprint density at radius 1 is 1.23 bits per heavy atom. The van der Waals surface area contributed by atoms with E-state index in [0.29, 0.717) is 17.6 Å². The third kappa shape index (κ3) is 4.84. The second-order valence-corrected chi connectivity index (χ2v) is 7.05. The predicted molar refractivity (Wildman–Crippen MR) is 106 cm³/mol. The number of piperidine rings is 1. The van der Waals surface area contributed by atoms with Crippen molar-refractivity contribution in [3.05, 3.63) is 47.4 Å². The maximum Gasteiger partial charge on any atom is 0.157 e. The summed E-state index contributed by atoms with van der Waals surface area (Å²) in [4.78, 5) is 10.6. The van der Waals surface area contributed by atoms with Crippen molar-refractivity contribution in [1.82, 2.24) is 14.9 Å². The Morgan fingerprint density at radius 3 is 2.65 bits per heavy atom. The van der Waals surface area contributed by atoms with Gasteiger partial charge in [0.25, 0.3) is 0 Å². The first-order chi connectivity index (χ1) is 12.7. The number of hydrogen-bond acceptors (Lipinski definition) is 6. The summed E-state index contributed by atoms with van der Waals surface area (Å²) < 4.78 is 0. The van der Waals surface area contributed by atoms with Crippen LogP contribution >= 0.6 is 11.6 Å². The molecule has 0 bridgehead atoms. The molecule has 1 aliphatic heterocycles. The van der Waals surface area contributed by atoms with E-state index in [-0.39, 0.29) is 0 Å². The van der Waals surface area contributed by atoms with Crippen LogP contribution in [0.2, 0.25) is 5.15 Å². The van der Waals surface area contributed by atoms with E-state index in [4.69, 9.17) is 11.6 Å². The van der Waals surface area contributed by atoms with Crippen LogP contribution in [-0.2, 0) is 0 Å². The van der Waals surface area contributed by atoms with Gasteiger partial charge in [0.1, 0.15) is 12.0 Å². The first kappa shape index (κ1) is 18.9. The molecule has 2 heterocycles. The minimum Gasteiger partial charge on any atom is -0.387 e. The van der Waals surface area contributed by atoms with Gasteiger partial charge in [0.05, 0.1) is 6.10 Å². The molecule has 1 fully saturated rings. The highest BCUT2D eigenvalue weighted by molar-refractivity contribution is 6.32. The number of hydrogen-bond donors (Lipinski definition) is 3. The fourth-order valence-electron chi connectivity index (χ4n) is 3.36. The third-order valence-corrected chi connectivity index (χ3v) is 5.22. The van der Waals surface area contributed by atoms with Crippen molar-refractivity contribution in [2.45, 2.75) is 18.9 Å². The van der Waals surface area contributed by atoms with Crippen molar-refractivity contribution in [2.24, 2.45) is 5.92 Å². The smallest absolute Gasteiger partial charge is 0.157 e. The number of β-amino-alcohol motifs (C(OH)–C–C–N with tert-alkyl or cyclic N) is 1. The number of nitrogens with one attached hydrogen (secondary N) is 2. The molecule has 140 valence electrons. The fourth-order valence-corrected chi connectivity index (χ4v) is 3.59. The van der Waals surface area contributed by atoms with Crippen molar-refractivity contribution in [3.63, 3.8) is 0 Å².